The number of nitrogens with zero attached hydrogens (tertiary/aromatic N) is 1. The highest BCUT2D eigenvalue weighted by molar-refractivity contribution is 4.72. The fourth-order valence-electron chi connectivity index (χ4n) is 1.83. The van der Waals surface area contributed by atoms with Crippen LogP contribution in [0.5, 0.6) is 0 Å². The summed E-state index contributed by atoms with van der Waals surface area (Å²) < 4.78 is 10.2. The number of aliphatic hydroxyl groups is 2. The van der Waals surface area contributed by atoms with Gasteiger partial charge in [0.2, 0.25) is 0 Å². The van der Waals surface area contributed by atoms with Crippen LogP contribution < -0.4 is 5.32 Å². The van der Waals surface area contributed by atoms with Gasteiger partial charge in [-0.2, -0.15) is 0 Å². The van der Waals surface area contributed by atoms with Crippen LogP contribution in [0.1, 0.15) is 0 Å². The molecule has 0 radical (unpaired) electrons. The molecule has 102 valence electrons. The number of ether oxygens (including phenoxy) is 2. The highest BCUT2D eigenvalue weighted by Crippen LogP contribution is 1.98. The Morgan fingerprint density at radius 2 is 2.12 bits per heavy atom. The first kappa shape index (κ1) is 14.8. The van der Waals surface area contributed by atoms with E-state index in [2.05, 4.69) is 10.2 Å². The molecular formula is C11H24N2O4. The monoisotopic (exact) mass is 248 g/mol. The van der Waals surface area contributed by atoms with E-state index >= 15 is 0 Å². The summed E-state index contributed by atoms with van der Waals surface area (Å²) in [6.07, 6.45) is -0.431. The number of hydrogen-bond acceptors (Lipinski definition) is 6. The molecule has 1 aliphatic rings. The minimum atomic E-state index is -0.431. The third-order valence-corrected chi connectivity index (χ3v) is 2.80. The number of hydrogen-bond donors (Lipinski definition) is 3. The van der Waals surface area contributed by atoms with E-state index in [4.69, 9.17) is 14.6 Å². The van der Waals surface area contributed by atoms with Gasteiger partial charge in [0, 0.05) is 33.3 Å². The lowest BCUT2D eigenvalue weighted by Crippen LogP contribution is -2.46. The van der Waals surface area contributed by atoms with Crippen molar-refractivity contribution in [2.45, 2.75) is 12.1 Å². The minimum Gasteiger partial charge on any atom is -0.395 e. The Morgan fingerprint density at radius 1 is 1.41 bits per heavy atom. The molecule has 0 aromatic rings. The molecule has 1 fully saturated rings. The van der Waals surface area contributed by atoms with E-state index in [0.717, 1.165) is 26.3 Å². The molecule has 0 aliphatic carbocycles. The van der Waals surface area contributed by atoms with Crippen LogP contribution in [0.4, 0.5) is 0 Å². The first-order chi connectivity index (χ1) is 8.26. The van der Waals surface area contributed by atoms with Crippen molar-refractivity contribution in [3.8, 4) is 0 Å². The summed E-state index contributed by atoms with van der Waals surface area (Å²) in [6.45, 7) is 4.79. The summed E-state index contributed by atoms with van der Waals surface area (Å²) in [5, 5.41) is 22.0. The van der Waals surface area contributed by atoms with Crippen LogP contribution in [-0.2, 0) is 9.47 Å². The minimum absolute atomic E-state index is 0.0120. The Labute approximate surface area is 103 Å². The quantitative estimate of drug-likeness (QED) is 0.474. The van der Waals surface area contributed by atoms with Crippen LogP contribution in [0.15, 0.2) is 0 Å². The van der Waals surface area contributed by atoms with Gasteiger partial charge in [0.05, 0.1) is 38.6 Å². The van der Waals surface area contributed by atoms with Crippen LogP contribution in [0.2, 0.25) is 0 Å². The third kappa shape index (κ3) is 6.30. The topological polar surface area (TPSA) is 74.2 Å². The molecule has 2 unspecified atom stereocenters. The fourth-order valence-corrected chi connectivity index (χ4v) is 1.83. The Morgan fingerprint density at radius 3 is 2.71 bits per heavy atom. The molecule has 0 aromatic carbocycles. The molecule has 3 N–H and O–H groups in total. The van der Waals surface area contributed by atoms with Gasteiger partial charge in [-0.05, 0) is 0 Å². The van der Waals surface area contributed by atoms with Crippen LogP contribution in [-0.4, -0.2) is 87.0 Å². The molecule has 0 aromatic heterocycles. The van der Waals surface area contributed by atoms with Crippen molar-refractivity contribution in [1.29, 1.82) is 0 Å². The molecule has 6 nitrogen and oxygen atoms in total. The Balaban J connectivity index is 2.12. The highest BCUT2D eigenvalue weighted by Gasteiger charge is 2.15. The van der Waals surface area contributed by atoms with Crippen molar-refractivity contribution < 1.29 is 19.7 Å². The standard InChI is InChI=1S/C11H24N2O4/c1-16-9-10(8-14)12-6-11(15)7-13-2-4-17-5-3-13/h10-12,14-15H,2-9H2,1H3. The van der Waals surface area contributed by atoms with Crippen LogP contribution in [0.3, 0.4) is 0 Å². The van der Waals surface area contributed by atoms with Crippen molar-refractivity contribution in [3.63, 3.8) is 0 Å². The number of nitrogens with one attached hydrogen (secondary N) is 1. The Bertz CT molecular complexity index is 188. The number of morpholine rings is 1. The second kappa shape index (κ2) is 8.79. The van der Waals surface area contributed by atoms with E-state index < -0.39 is 6.10 Å². The molecular weight excluding hydrogens is 224 g/mol. The first-order valence-electron chi connectivity index (χ1n) is 6.07. The smallest absolute Gasteiger partial charge is 0.0791 e. The largest absolute Gasteiger partial charge is 0.395 e. The molecule has 1 heterocycles. The molecule has 1 saturated heterocycles. The predicted octanol–water partition coefficient (Wildman–Crippen LogP) is -1.72. The molecule has 0 spiro atoms. The summed E-state index contributed by atoms with van der Waals surface area (Å²) in [5.74, 6) is 0. The maximum Gasteiger partial charge on any atom is 0.0791 e. The number of rotatable bonds is 8. The van der Waals surface area contributed by atoms with Gasteiger partial charge in [-0.25, -0.2) is 0 Å². The number of methoxy groups -OCH3 is 1. The van der Waals surface area contributed by atoms with Gasteiger partial charge in [0.1, 0.15) is 0 Å². The zero-order valence-electron chi connectivity index (χ0n) is 10.5. The van der Waals surface area contributed by atoms with Gasteiger partial charge in [0.15, 0.2) is 0 Å². The third-order valence-electron chi connectivity index (χ3n) is 2.80. The molecule has 17 heavy (non-hydrogen) atoms. The van der Waals surface area contributed by atoms with Crippen molar-refractivity contribution >= 4 is 0 Å². The lowest BCUT2D eigenvalue weighted by Gasteiger charge is -2.29. The number of aliphatic hydroxyl groups excluding tert-OH is 2. The van der Waals surface area contributed by atoms with E-state index in [1.54, 1.807) is 7.11 Å². The molecule has 0 amide bonds. The van der Waals surface area contributed by atoms with Crippen LogP contribution in [0.25, 0.3) is 0 Å². The van der Waals surface area contributed by atoms with Gasteiger partial charge >= 0.3 is 0 Å². The van der Waals surface area contributed by atoms with Crippen molar-refractivity contribution in [2.24, 2.45) is 0 Å². The van der Waals surface area contributed by atoms with Crippen molar-refractivity contribution in [3.05, 3.63) is 0 Å². The van der Waals surface area contributed by atoms with Gasteiger partial charge in [-0.3, -0.25) is 4.90 Å². The van der Waals surface area contributed by atoms with Crippen LogP contribution in [0, 0.1) is 0 Å². The molecule has 1 rings (SSSR count). The second-order valence-corrected chi connectivity index (χ2v) is 4.31. The summed E-state index contributed by atoms with van der Waals surface area (Å²) in [4.78, 5) is 2.18. The molecule has 0 bridgehead atoms. The maximum absolute atomic E-state index is 9.85. The van der Waals surface area contributed by atoms with E-state index in [0.29, 0.717) is 19.7 Å². The van der Waals surface area contributed by atoms with Gasteiger partial charge < -0.3 is 25.0 Å². The normalized spacial score (nSPS) is 21.4. The van der Waals surface area contributed by atoms with E-state index in [1.807, 2.05) is 0 Å². The van der Waals surface area contributed by atoms with Gasteiger partial charge in [-0.1, -0.05) is 0 Å². The SMILES string of the molecule is COCC(CO)NCC(O)CN1CCOCC1. The second-order valence-electron chi connectivity index (χ2n) is 4.31. The molecule has 0 saturated carbocycles. The molecule has 1 aliphatic heterocycles. The first-order valence-corrected chi connectivity index (χ1v) is 6.07. The predicted molar refractivity (Wildman–Crippen MR) is 64.0 cm³/mol. The summed E-state index contributed by atoms with van der Waals surface area (Å²) in [6, 6.07) is -0.112. The zero-order chi connectivity index (χ0) is 12.5. The van der Waals surface area contributed by atoms with Gasteiger partial charge in [-0.15, -0.1) is 0 Å². The lowest BCUT2D eigenvalue weighted by molar-refractivity contribution is 0.0133. The molecule has 2 atom stereocenters. The van der Waals surface area contributed by atoms with Crippen molar-refractivity contribution in [2.75, 3.05) is 59.7 Å². The summed E-state index contributed by atoms with van der Waals surface area (Å²) in [7, 11) is 1.59. The molecule has 6 heteroatoms. The average molecular weight is 248 g/mol. The maximum atomic E-state index is 9.85. The Kier molecular flexibility index (Phi) is 7.67. The highest BCUT2D eigenvalue weighted by atomic mass is 16.5. The van der Waals surface area contributed by atoms with Gasteiger partial charge in [0.25, 0.3) is 0 Å². The summed E-state index contributed by atoms with van der Waals surface area (Å²) >= 11 is 0. The zero-order valence-corrected chi connectivity index (χ0v) is 10.5. The van der Waals surface area contributed by atoms with E-state index in [1.165, 1.54) is 0 Å². The summed E-state index contributed by atoms with van der Waals surface area (Å²) in [5.41, 5.74) is 0. The fraction of sp³-hybridized carbons (Fsp3) is 1.00. The number of β-amino-alcohol motifs (C(OH)–C–C–N with tert-alkyl or cyclic N) is 1. The van der Waals surface area contributed by atoms with E-state index in [-0.39, 0.29) is 12.6 Å². The van der Waals surface area contributed by atoms with Crippen LogP contribution >= 0.6 is 0 Å². The average Bonchev–Trinajstić information content (AvgIpc) is 2.35. The lowest BCUT2D eigenvalue weighted by atomic mass is 10.2. The van der Waals surface area contributed by atoms with E-state index in [9.17, 15) is 5.11 Å². The van der Waals surface area contributed by atoms with Crippen molar-refractivity contribution in [1.82, 2.24) is 10.2 Å². The Hall–Kier alpha value is -0.240.